The van der Waals surface area contributed by atoms with Gasteiger partial charge in [-0.15, -0.1) is 12.4 Å². The van der Waals surface area contributed by atoms with Crippen LogP contribution in [0.5, 0.6) is 0 Å². The van der Waals surface area contributed by atoms with Gasteiger partial charge in [0.2, 0.25) is 0 Å². The summed E-state index contributed by atoms with van der Waals surface area (Å²) in [6, 6.07) is 12.9. The molecule has 20 heavy (non-hydrogen) atoms. The molecule has 0 saturated carbocycles. The van der Waals surface area contributed by atoms with Crippen LogP contribution in [-0.4, -0.2) is 56.7 Å². The van der Waals surface area contributed by atoms with E-state index >= 15 is 0 Å². The summed E-state index contributed by atoms with van der Waals surface area (Å²) in [4.78, 5) is 12.8. The van der Waals surface area contributed by atoms with Gasteiger partial charge in [0, 0.05) is 0 Å². The molecule has 0 spiro atoms. The van der Waals surface area contributed by atoms with Crippen molar-refractivity contribution in [3.8, 4) is 0 Å². The monoisotopic (exact) mass is 296 g/mol. The lowest BCUT2D eigenvalue weighted by Crippen LogP contribution is -2.40. The maximum absolute atomic E-state index is 4.22. The van der Waals surface area contributed by atoms with Gasteiger partial charge in [-0.25, -0.2) is 9.98 Å². The van der Waals surface area contributed by atoms with Crippen molar-refractivity contribution in [1.82, 2.24) is 9.80 Å². The SMILES string of the molecule is CN(C)C(CCN=C=NCc1ccccc1)N(C)C.Cl. The second-order valence-corrected chi connectivity index (χ2v) is 4.98. The summed E-state index contributed by atoms with van der Waals surface area (Å²) < 4.78 is 0. The van der Waals surface area contributed by atoms with Crippen LogP contribution in [0.25, 0.3) is 0 Å². The van der Waals surface area contributed by atoms with Crippen LogP contribution in [0.2, 0.25) is 0 Å². The minimum atomic E-state index is 0. The van der Waals surface area contributed by atoms with E-state index in [0.717, 1.165) is 13.0 Å². The van der Waals surface area contributed by atoms with Crippen LogP contribution in [0.15, 0.2) is 40.3 Å². The largest absolute Gasteiger partial charge is 0.294 e. The van der Waals surface area contributed by atoms with E-state index in [1.165, 1.54) is 5.56 Å². The second kappa shape index (κ2) is 10.6. The van der Waals surface area contributed by atoms with Gasteiger partial charge in [-0.05, 0) is 40.2 Å². The van der Waals surface area contributed by atoms with Crippen molar-refractivity contribution in [2.75, 3.05) is 34.7 Å². The summed E-state index contributed by atoms with van der Waals surface area (Å²) in [7, 11) is 8.32. The number of hydrogen-bond donors (Lipinski definition) is 0. The molecule has 1 rings (SSSR count). The third-order valence-electron chi connectivity index (χ3n) is 2.94. The molecule has 0 fully saturated rings. The molecule has 0 radical (unpaired) electrons. The van der Waals surface area contributed by atoms with Crippen molar-refractivity contribution in [2.45, 2.75) is 19.1 Å². The Balaban J connectivity index is 0.00000361. The molecule has 0 amide bonds. The van der Waals surface area contributed by atoms with E-state index in [1.807, 2.05) is 18.2 Å². The standard InChI is InChI=1S/C15H24N4.ClH/c1-18(2)15(19(3)4)10-11-16-13-17-12-14-8-6-5-7-9-14;/h5-9,15H,10-12H2,1-4H3;1H. The number of aliphatic imine (C=N–C) groups is 2. The van der Waals surface area contributed by atoms with Crippen molar-refractivity contribution in [1.29, 1.82) is 0 Å². The molecule has 0 saturated heterocycles. The average molecular weight is 297 g/mol. The molecule has 0 bridgehead atoms. The fourth-order valence-electron chi connectivity index (χ4n) is 1.97. The van der Waals surface area contributed by atoms with Crippen molar-refractivity contribution in [3.05, 3.63) is 35.9 Å². The predicted octanol–water partition coefficient (Wildman–Crippen LogP) is 2.62. The van der Waals surface area contributed by atoms with E-state index in [4.69, 9.17) is 0 Å². The van der Waals surface area contributed by atoms with Gasteiger partial charge in [-0.1, -0.05) is 30.3 Å². The molecular weight excluding hydrogens is 272 g/mol. The third kappa shape index (κ3) is 7.41. The van der Waals surface area contributed by atoms with Gasteiger partial charge in [-0.2, -0.15) is 0 Å². The minimum Gasteiger partial charge on any atom is -0.294 e. The maximum atomic E-state index is 4.22. The third-order valence-corrected chi connectivity index (χ3v) is 2.94. The molecular formula is C15H25ClN4. The Morgan fingerprint density at radius 3 is 2.15 bits per heavy atom. The molecule has 0 aliphatic heterocycles. The predicted molar refractivity (Wildman–Crippen MR) is 87.9 cm³/mol. The lowest BCUT2D eigenvalue weighted by atomic mass is 10.2. The highest BCUT2D eigenvalue weighted by atomic mass is 35.5. The number of halogens is 1. The van der Waals surface area contributed by atoms with Crippen LogP contribution in [0.3, 0.4) is 0 Å². The molecule has 0 aromatic heterocycles. The molecule has 112 valence electrons. The smallest absolute Gasteiger partial charge is 0.0896 e. The second-order valence-electron chi connectivity index (χ2n) is 4.98. The molecule has 0 aliphatic carbocycles. The Morgan fingerprint density at radius 2 is 1.60 bits per heavy atom. The molecule has 1 aromatic rings. The molecule has 0 N–H and O–H groups in total. The average Bonchev–Trinajstić information content (AvgIpc) is 2.38. The van der Waals surface area contributed by atoms with Crippen LogP contribution in [0, 0.1) is 0 Å². The zero-order valence-corrected chi connectivity index (χ0v) is 13.6. The zero-order valence-electron chi connectivity index (χ0n) is 12.8. The summed E-state index contributed by atoms with van der Waals surface area (Å²) in [6.45, 7) is 1.40. The lowest BCUT2D eigenvalue weighted by Gasteiger charge is -2.29. The topological polar surface area (TPSA) is 31.2 Å². The highest BCUT2D eigenvalue weighted by Crippen LogP contribution is 2.02. The Kier molecular flexibility index (Phi) is 9.95. The molecule has 5 heteroatoms. The van der Waals surface area contributed by atoms with E-state index in [1.54, 1.807) is 0 Å². The molecule has 1 aromatic carbocycles. The van der Waals surface area contributed by atoms with Gasteiger partial charge >= 0.3 is 0 Å². The Morgan fingerprint density at radius 1 is 1.00 bits per heavy atom. The van der Waals surface area contributed by atoms with Gasteiger partial charge in [-0.3, -0.25) is 9.80 Å². The zero-order chi connectivity index (χ0) is 14.1. The summed E-state index contributed by atoms with van der Waals surface area (Å²) in [6.07, 6.45) is 1.38. The van der Waals surface area contributed by atoms with Crippen LogP contribution in [0.4, 0.5) is 0 Å². The Labute approximate surface area is 128 Å². The minimum absolute atomic E-state index is 0. The van der Waals surface area contributed by atoms with Gasteiger partial charge in [0.1, 0.15) is 0 Å². The lowest BCUT2D eigenvalue weighted by molar-refractivity contribution is 0.123. The van der Waals surface area contributed by atoms with Crippen molar-refractivity contribution in [3.63, 3.8) is 0 Å². The first-order valence-electron chi connectivity index (χ1n) is 6.56. The highest BCUT2D eigenvalue weighted by Gasteiger charge is 2.12. The van der Waals surface area contributed by atoms with E-state index in [0.29, 0.717) is 12.7 Å². The summed E-state index contributed by atoms with van der Waals surface area (Å²) >= 11 is 0. The van der Waals surface area contributed by atoms with Crippen molar-refractivity contribution >= 4 is 18.4 Å². The van der Waals surface area contributed by atoms with Crippen molar-refractivity contribution in [2.24, 2.45) is 9.98 Å². The van der Waals surface area contributed by atoms with Gasteiger partial charge in [0.05, 0.1) is 25.3 Å². The highest BCUT2D eigenvalue weighted by molar-refractivity contribution is 5.85. The van der Waals surface area contributed by atoms with Gasteiger partial charge in [0.15, 0.2) is 0 Å². The fraction of sp³-hybridized carbons (Fsp3) is 0.533. The van der Waals surface area contributed by atoms with E-state index < -0.39 is 0 Å². The number of hydrogen-bond acceptors (Lipinski definition) is 4. The van der Waals surface area contributed by atoms with E-state index in [9.17, 15) is 0 Å². The van der Waals surface area contributed by atoms with Crippen LogP contribution < -0.4 is 0 Å². The number of benzene rings is 1. The summed E-state index contributed by atoms with van der Waals surface area (Å²) in [5.74, 6) is 0. The fourth-order valence-corrected chi connectivity index (χ4v) is 1.97. The molecule has 0 aliphatic rings. The maximum Gasteiger partial charge on any atom is 0.0896 e. The van der Waals surface area contributed by atoms with Crippen LogP contribution >= 0.6 is 12.4 Å². The van der Waals surface area contributed by atoms with E-state index in [-0.39, 0.29) is 12.4 Å². The normalized spacial score (nSPS) is 10.3. The number of rotatable bonds is 7. The Hall–Kier alpha value is -1.19. The first-order valence-corrected chi connectivity index (χ1v) is 6.56. The quantitative estimate of drug-likeness (QED) is 0.572. The molecule has 0 unspecified atom stereocenters. The summed E-state index contributed by atoms with van der Waals surface area (Å²) in [5, 5.41) is 0. The first kappa shape index (κ1) is 18.8. The van der Waals surface area contributed by atoms with Crippen LogP contribution in [0.1, 0.15) is 12.0 Å². The summed E-state index contributed by atoms with van der Waals surface area (Å²) in [5.41, 5.74) is 1.18. The first-order chi connectivity index (χ1) is 9.11. The van der Waals surface area contributed by atoms with E-state index in [2.05, 4.69) is 66.1 Å². The van der Waals surface area contributed by atoms with Gasteiger partial charge < -0.3 is 0 Å². The van der Waals surface area contributed by atoms with Crippen LogP contribution in [-0.2, 0) is 6.54 Å². The molecule has 4 nitrogen and oxygen atoms in total. The number of nitrogens with zero attached hydrogens (tertiary/aromatic N) is 4. The van der Waals surface area contributed by atoms with Crippen molar-refractivity contribution < 1.29 is 0 Å². The van der Waals surface area contributed by atoms with Gasteiger partial charge in [0.25, 0.3) is 0 Å². The molecule has 0 heterocycles. The Bertz CT molecular complexity index is 403. The molecule has 0 atom stereocenters.